The molecule has 1 nitrogen and oxygen atoms in total. The maximum atomic E-state index is 12.6. The molecule has 1 heterocycles. The Bertz CT molecular complexity index is 303. The Kier molecular flexibility index (Phi) is 3.11. The molecule has 12 heavy (non-hydrogen) atoms. The lowest BCUT2D eigenvalue weighted by Crippen LogP contribution is -1.93. The number of halogens is 5. The standard InChI is InChI=1S/C6H2Br2F3N/c7-3-1-2(5(9)10)4(8)12-6(3)11/h1,5H. The second kappa shape index (κ2) is 3.74. The molecule has 0 aromatic carbocycles. The second-order valence-corrected chi connectivity index (χ2v) is 3.55. The van der Waals surface area contributed by atoms with E-state index < -0.39 is 12.4 Å². The summed E-state index contributed by atoms with van der Waals surface area (Å²) in [5.74, 6) is -0.814. The van der Waals surface area contributed by atoms with Crippen LogP contribution in [0.2, 0.25) is 0 Å². The van der Waals surface area contributed by atoms with Crippen molar-refractivity contribution in [1.82, 2.24) is 4.98 Å². The van der Waals surface area contributed by atoms with Gasteiger partial charge in [0, 0.05) is 0 Å². The third kappa shape index (κ3) is 1.98. The largest absolute Gasteiger partial charge is 0.266 e. The summed E-state index contributed by atoms with van der Waals surface area (Å²) in [6.45, 7) is 0. The van der Waals surface area contributed by atoms with Gasteiger partial charge in [0.1, 0.15) is 4.60 Å². The minimum absolute atomic E-state index is 0.0685. The molecule has 0 saturated heterocycles. The van der Waals surface area contributed by atoms with E-state index in [-0.39, 0.29) is 14.6 Å². The van der Waals surface area contributed by atoms with E-state index in [9.17, 15) is 13.2 Å². The van der Waals surface area contributed by atoms with Crippen molar-refractivity contribution in [3.05, 3.63) is 26.7 Å². The molecule has 0 fully saturated rings. The minimum atomic E-state index is -2.66. The highest BCUT2D eigenvalue weighted by atomic mass is 79.9. The summed E-state index contributed by atoms with van der Waals surface area (Å²) in [5.41, 5.74) is -0.330. The van der Waals surface area contributed by atoms with Crippen molar-refractivity contribution in [2.75, 3.05) is 0 Å². The first-order chi connectivity index (χ1) is 5.52. The van der Waals surface area contributed by atoms with E-state index in [0.717, 1.165) is 6.07 Å². The summed E-state index contributed by atoms with van der Waals surface area (Å²) in [6.07, 6.45) is -2.66. The van der Waals surface area contributed by atoms with E-state index in [1.54, 1.807) is 0 Å². The van der Waals surface area contributed by atoms with E-state index in [4.69, 9.17) is 0 Å². The first-order valence-electron chi connectivity index (χ1n) is 2.82. The Labute approximate surface area is 83.2 Å². The molecule has 0 spiro atoms. The molecule has 0 aliphatic heterocycles. The molecule has 0 amide bonds. The number of alkyl halides is 2. The van der Waals surface area contributed by atoms with Gasteiger partial charge in [0.2, 0.25) is 5.95 Å². The molecule has 1 rings (SSSR count). The zero-order valence-corrected chi connectivity index (χ0v) is 8.66. The van der Waals surface area contributed by atoms with E-state index in [0.29, 0.717) is 0 Å². The van der Waals surface area contributed by atoms with Crippen molar-refractivity contribution in [3.63, 3.8) is 0 Å². The van der Waals surface area contributed by atoms with Gasteiger partial charge in [-0.15, -0.1) is 0 Å². The van der Waals surface area contributed by atoms with Crippen molar-refractivity contribution < 1.29 is 13.2 Å². The summed E-state index contributed by atoms with van der Waals surface area (Å²) in [4.78, 5) is 3.22. The van der Waals surface area contributed by atoms with Crippen molar-refractivity contribution in [1.29, 1.82) is 0 Å². The summed E-state index contributed by atoms with van der Waals surface area (Å²) < 4.78 is 36.6. The number of hydrogen-bond donors (Lipinski definition) is 0. The van der Waals surface area contributed by atoms with Crippen LogP contribution in [0.3, 0.4) is 0 Å². The van der Waals surface area contributed by atoms with Crippen molar-refractivity contribution in [3.8, 4) is 0 Å². The van der Waals surface area contributed by atoms with Crippen molar-refractivity contribution in [2.45, 2.75) is 6.43 Å². The van der Waals surface area contributed by atoms with Crippen LogP contribution in [0.15, 0.2) is 15.1 Å². The fourth-order valence-electron chi connectivity index (χ4n) is 0.613. The Hall–Kier alpha value is -0.100. The highest BCUT2D eigenvalue weighted by Crippen LogP contribution is 2.29. The predicted octanol–water partition coefficient (Wildman–Crippen LogP) is 3.68. The lowest BCUT2D eigenvalue weighted by Gasteiger charge is -2.02. The monoisotopic (exact) mass is 303 g/mol. The third-order valence-electron chi connectivity index (χ3n) is 1.15. The fourth-order valence-corrected chi connectivity index (χ4v) is 1.39. The topological polar surface area (TPSA) is 12.9 Å². The first kappa shape index (κ1) is 9.98. The molecule has 66 valence electrons. The van der Waals surface area contributed by atoms with Crippen LogP contribution in [0, 0.1) is 5.95 Å². The molecule has 0 atom stereocenters. The molecule has 0 unspecified atom stereocenters. The van der Waals surface area contributed by atoms with Crippen LogP contribution in [0.25, 0.3) is 0 Å². The quantitative estimate of drug-likeness (QED) is 0.721. The molecule has 0 aliphatic rings. The molecule has 0 bridgehead atoms. The average Bonchev–Trinajstić information content (AvgIpc) is 1.96. The number of aromatic nitrogens is 1. The van der Waals surface area contributed by atoms with Crippen LogP contribution in [0.1, 0.15) is 12.0 Å². The van der Waals surface area contributed by atoms with Crippen LogP contribution in [-0.2, 0) is 0 Å². The lowest BCUT2D eigenvalue weighted by atomic mass is 10.3. The van der Waals surface area contributed by atoms with E-state index in [2.05, 4.69) is 36.8 Å². The van der Waals surface area contributed by atoms with Crippen molar-refractivity contribution >= 4 is 31.9 Å². The normalized spacial score (nSPS) is 10.8. The van der Waals surface area contributed by atoms with Gasteiger partial charge in [-0.2, -0.15) is 4.39 Å². The van der Waals surface area contributed by atoms with Gasteiger partial charge >= 0.3 is 0 Å². The van der Waals surface area contributed by atoms with Gasteiger partial charge in [-0.25, -0.2) is 13.8 Å². The maximum absolute atomic E-state index is 12.6. The van der Waals surface area contributed by atoms with E-state index in [1.807, 2.05) is 0 Å². The fraction of sp³-hybridized carbons (Fsp3) is 0.167. The Morgan fingerprint density at radius 3 is 2.42 bits per heavy atom. The summed E-state index contributed by atoms with van der Waals surface area (Å²) >= 11 is 5.49. The zero-order chi connectivity index (χ0) is 9.30. The highest BCUT2D eigenvalue weighted by molar-refractivity contribution is 9.11. The smallest absolute Gasteiger partial charge is 0.211 e. The van der Waals surface area contributed by atoms with Gasteiger partial charge in [-0.1, -0.05) is 0 Å². The molecular formula is C6H2Br2F3N. The molecule has 1 aromatic heterocycles. The molecule has 0 saturated carbocycles. The zero-order valence-electron chi connectivity index (χ0n) is 5.49. The lowest BCUT2D eigenvalue weighted by molar-refractivity contribution is 0.149. The molecule has 1 aromatic rings. The van der Waals surface area contributed by atoms with Gasteiger partial charge in [0.15, 0.2) is 0 Å². The van der Waals surface area contributed by atoms with Crippen LogP contribution in [0.4, 0.5) is 13.2 Å². The Morgan fingerprint density at radius 1 is 1.33 bits per heavy atom. The molecule has 6 heteroatoms. The first-order valence-corrected chi connectivity index (χ1v) is 4.40. The van der Waals surface area contributed by atoms with E-state index >= 15 is 0 Å². The minimum Gasteiger partial charge on any atom is -0.211 e. The number of rotatable bonds is 1. The number of hydrogen-bond acceptors (Lipinski definition) is 1. The van der Waals surface area contributed by atoms with Gasteiger partial charge < -0.3 is 0 Å². The van der Waals surface area contributed by atoms with Crippen LogP contribution in [0.5, 0.6) is 0 Å². The maximum Gasteiger partial charge on any atom is 0.266 e. The average molecular weight is 305 g/mol. The molecule has 0 N–H and O–H groups in total. The highest BCUT2D eigenvalue weighted by Gasteiger charge is 2.15. The van der Waals surface area contributed by atoms with Crippen LogP contribution < -0.4 is 0 Å². The van der Waals surface area contributed by atoms with Crippen LogP contribution in [-0.4, -0.2) is 4.98 Å². The second-order valence-electron chi connectivity index (χ2n) is 1.94. The third-order valence-corrected chi connectivity index (χ3v) is 2.34. The van der Waals surface area contributed by atoms with Gasteiger partial charge in [-0.3, -0.25) is 0 Å². The van der Waals surface area contributed by atoms with Crippen molar-refractivity contribution in [2.24, 2.45) is 0 Å². The SMILES string of the molecule is Fc1nc(Br)c(C(F)F)cc1Br. The molecular weight excluding hydrogens is 303 g/mol. The summed E-state index contributed by atoms with van der Waals surface area (Å²) in [7, 11) is 0. The Morgan fingerprint density at radius 2 is 1.92 bits per heavy atom. The van der Waals surface area contributed by atoms with Gasteiger partial charge in [0.25, 0.3) is 6.43 Å². The Balaban J connectivity index is 3.23. The molecule has 0 aliphatic carbocycles. The number of pyridine rings is 1. The summed E-state index contributed by atoms with van der Waals surface area (Å²) in [5, 5.41) is 0. The van der Waals surface area contributed by atoms with E-state index in [1.165, 1.54) is 0 Å². The predicted molar refractivity (Wildman–Crippen MR) is 44.6 cm³/mol. The summed E-state index contributed by atoms with van der Waals surface area (Å²) in [6, 6.07) is 0.997. The van der Waals surface area contributed by atoms with Crippen LogP contribution >= 0.6 is 31.9 Å². The van der Waals surface area contributed by atoms with Gasteiger partial charge in [-0.05, 0) is 37.9 Å². The molecule has 0 radical (unpaired) electrons. The number of nitrogens with zero attached hydrogens (tertiary/aromatic N) is 1. The van der Waals surface area contributed by atoms with Gasteiger partial charge in [0.05, 0.1) is 10.0 Å².